The van der Waals surface area contributed by atoms with Crippen LogP contribution >= 0.6 is 8.03 Å². The van der Waals surface area contributed by atoms with Crippen molar-refractivity contribution in [1.29, 1.82) is 0 Å². The summed E-state index contributed by atoms with van der Waals surface area (Å²) in [6.07, 6.45) is -1.30. The molecule has 0 saturated carbocycles. The monoisotopic (exact) mass is 261 g/mol. The van der Waals surface area contributed by atoms with Gasteiger partial charge in [0, 0.05) is 0 Å². The Kier molecular flexibility index (Phi) is 5.66. The van der Waals surface area contributed by atoms with Crippen molar-refractivity contribution < 1.29 is 36.0 Å². The van der Waals surface area contributed by atoms with Crippen molar-refractivity contribution >= 4 is 24.3 Å². The van der Waals surface area contributed by atoms with Crippen LogP contribution in [0.4, 0.5) is 4.79 Å². The zero-order valence-corrected chi connectivity index (χ0v) is 9.91. The molecule has 0 spiro atoms. The lowest BCUT2D eigenvalue weighted by atomic mass is 11.3. The van der Waals surface area contributed by atoms with Gasteiger partial charge in [-0.05, 0) is 4.57 Å². The molecular formula is C5H10O8PS+. The topological polar surface area (TPSA) is 105 Å². The Morgan fingerprint density at radius 2 is 1.80 bits per heavy atom. The van der Waals surface area contributed by atoms with E-state index in [0.29, 0.717) is 0 Å². The maximum absolute atomic E-state index is 11.1. The quantitative estimate of drug-likeness (QED) is 0.398. The third-order valence-corrected chi connectivity index (χ3v) is 4.35. The molecule has 0 rings (SSSR count). The Balaban J connectivity index is 4.91. The summed E-state index contributed by atoms with van der Waals surface area (Å²) >= 11 is 0. The lowest BCUT2D eigenvalue weighted by Gasteiger charge is -2.05. The lowest BCUT2D eigenvalue weighted by molar-refractivity contribution is 0.0734. The largest absolute Gasteiger partial charge is 0.573 e. The highest BCUT2D eigenvalue weighted by Crippen LogP contribution is 2.33. The average Bonchev–Trinajstić information content (AvgIpc) is 2.24. The summed E-state index contributed by atoms with van der Waals surface area (Å²) in [5.74, 6) is 0. The number of carbonyl (C=O) groups excluding carboxylic acids is 1. The Bertz CT molecular complexity index is 335. The molecule has 10 heteroatoms. The van der Waals surface area contributed by atoms with Gasteiger partial charge in [-0.2, -0.15) is 8.42 Å². The van der Waals surface area contributed by atoms with E-state index in [0.717, 1.165) is 21.3 Å². The summed E-state index contributed by atoms with van der Waals surface area (Å²) in [7, 11) is -4.26. The highest BCUT2D eigenvalue weighted by molar-refractivity contribution is 7.92. The summed E-state index contributed by atoms with van der Waals surface area (Å²) in [4.78, 5) is 10.7. The third kappa shape index (κ3) is 4.08. The summed E-state index contributed by atoms with van der Waals surface area (Å²) in [6.45, 7) is 0. The molecule has 2 unspecified atom stereocenters. The van der Waals surface area contributed by atoms with E-state index in [1.807, 2.05) is 0 Å². The fraction of sp³-hybridized carbons (Fsp3) is 0.800. The van der Waals surface area contributed by atoms with E-state index in [4.69, 9.17) is 0 Å². The summed E-state index contributed by atoms with van der Waals surface area (Å²) < 4.78 is 49.9. The van der Waals surface area contributed by atoms with Crippen molar-refractivity contribution in [2.75, 3.05) is 21.3 Å². The van der Waals surface area contributed by atoms with E-state index < -0.39 is 29.5 Å². The molecule has 88 valence electrons. The molecule has 0 fully saturated rings. The van der Waals surface area contributed by atoms with Crippen LogP contribution in [-0.2, 0) is 32.9 Å². The molecular weight excluding hydrogens is 251 g/mol. The molecule has 0 bridgehead atoms. The Hall–Kier alpha value is -0.760. The average molecular weight is 261 g/mol. The van der Waals surface area contributed by atoms with Gasteiger partial charge in [-0.1, -0.05) is 0 Å². The van der Waals surface area contributed by atoms with Crippen LogP contribution in [0.1, 0.15) is 0 Å². The van der Waals surface area contributed by atoms with E-state index in [9.17, 15) is 17.8 Å². The van der Waals surface area contributed by atoms with Crippen molar-refractivity contribution in [2.24, 2.45) is 0 Å². The first-order valence-electron chi connectivity index (χ1n) is 3.43. The van der Waals surface area contributed by atoms with E-state index in [-0.39, 0.29) is 0 Å². The first kappa shape index (κ1) is 14.2. The molecule has 0 aromatic heterocycles. The number of carbonyl (C=O) groups is 1. The summed E-state index contributed by atoms with van der Waals surface area (Å²) in [5.41, 5.74) is 0. The van der Waals surface area contributed by atoms with Gasteiger partial charge in [0.15, 0.2) is 0 Å². The molecule has 2 atom stereocenters. The van der Waals surface area contributed by atoms with Gasteiger partial charge >= 0.3 is 29.5 Å². The predicted molar refractivity (Wildman–Crippen MR) is 47.8 cm³/mol. The van der Waals surface area contributed by atoms with Crippen molar-refractivity contribution in [1.82, 2.24) is 0 Å². The molecule has 15 heavy (non-hydrogen) atoms. The lowest BCUT2D eigenvalue weighted by Crippen LogP contribution is -2.25. The minimum atomic E-state index is -4.31. The minimum Gasteiger partial charge on any atom is -0.437 e. The smallest absolute Gasteiger partial charge is 0.437 e. The van der Waals surface area contributed by atoms with E-state index in [2.05, 4.69) is 18.2 Å². The zero-order valence-electron chi connectivity index (χ0n) is 8.20. The highest BCUT2D eigenvalue weighted by Gasteiger charge is 2.49. The highest BCUT2D eigenvalue weighted by atomic mass is 32.2. The van der Waals surface area contributed by atoms with Gasteiger partial charge in [0.2, 0.25) is 0 Å². The second-order valence-electron chi connectivity index (χ2n) is 2.01. The van der Waals surface area contributed by atoms with Crippen LogP contribution in [0.5, 0.6) is 0 Å². The van der Waals surface area contributed by atoms with Gasteiger partial charge in [-0.3, -0.25) is 4.18 Å². The van der Waals surface area contributed by atoms with Gasteiger partial charge in [0.1, 0.15) is 0 Å². The third-order valence-electron chi connectivity index (χ3n) is 1.20. The molecule has 0 saturated heterocycles. The predicted octanol–water partition coefficient (Wildman–Crippen LogP) is 0.418. The van der Waals surface area contributed by atoms with Crippen LogP contribution < -0.4 is 0 Å². The number of rotatable bonds is 5. The standard InChI is InChI=1S/C5H10O8PS/c1-10-4(6)13-5(14(7)11-2)15(8,9)12-3/h5H,1-3H3/q+1. The molecule has 0 N–H and O–H groups in total. The Morgan fingerprint density at radius 1 is 1.27 bits per heavy atom. The second-order valence-corrected chi connectivity index (χ2v) is 5.51. The normalized spacial score (nSPS) is 14.2. The van der Waals surface area contributed by atoms with Crippen LogP contribution in [0.2, 0.25) is 0 Å². The fourth-order valence-corrected chi connectivity index (χ4v) is 2.57. The van der Waals surface area contributed by atoms with Crippen molar-refractivity contribution in [3.63, 3.8) is 0 Å². The molecule has 0 aliphatic heterocycles. The van der Waals surface area contributed by atoms with Crippen LogP contribution in [0.15, 0.2) is 0 Å². The number of ether oxygens (including phenoxy) is 2. The van der Waals surface area contributed by atoms with Gasteiger partial charge < -0.3 is 9.47 Å². The minimum absolute atomic E-state index is 0.835. The Labute approximate surface area is 87.4 Å². The van der Waals surface area contributed by atoms with Gasteiger partial charge in [0.25, 0.3) is 0 Å². The van der Waals surface area contributed by atoms with E-state index in [1.165, 1.54) is 0 Å². The van der Waals surface area contributed by atoms with Crippen molar-refractivity contribution in [3.8, 4) is 0 Å². The van der Waals surface area contributed by atoms with Crippen LogP contribution in [0, 0.1) is 0 Å². The van der Waals surface area contributed by atoms with Gasteiger partial charge in [-0.15, -0.1) is 4.52 Å². The second kappa shape index (κ2) is 5.96. The van der Waals surface area contributed by atoms with Crippen molar-refractivity contribution in [3.05, 3.63) is 0 Å². The molecule has 8 nitrogen and oxygen atoms in total. The number of hydrogen-bond acceptors (Lipinski definition) is 8. The number of hydrogen-bond donors (Lipinski definition) is 0. The maximum Gasteiger partial charge on any atom is 0.573 e. The fourth-order valence-electron chi connectivity index (χ4n) is 0.506. The molecule has 0 radical (unpaired) electrons. The molecule has 0 aromatic rings. The molecule has 0 heterocycles. The van der Waals surface area contributed by atoms with Crippen molar-refractivity contribution in [2.45, 2.75) is 5.18 Å². The summed E-state index contributed by atoms with van der Waals surface area (Å²) in [6, 6.07) is 0. The van der Waals surface area contributed by atoms with E-state index in [1.54, 1.807) is 0 Å². The number of methoxy groups -OCH3 is 1. The van der Waals surface area contributed by atoms with Crippen LogP contribution in [-0.4, -0.2) is 41.1 Å². The molecule has 0 aromatic carbocycles. The zero-order chi connectivity index (χ0) is 12.1. The maximum atomic E-state index is 11.1. The van der Waals surface area contributed by atoms with Crippen LogP contribution in [0.25, 0.3) is 0 Å². The molecule has 0 aliphatic carbocycles. The first-order chi connectivity index (χ1) is 6.88. The van der Waals surface area contributed by atoms with Crippen LogP contribution in [0.3, 0.4) is 0 Å². The molecule has 0 aliphatic rings. The van der Waals surface area contributed by atoms with E-state index >= 15 is 0 Å². The molecule has 0 amide bonds. The van der Waals surface area contributed by atoms with Gasteiger partial charge in [0.05, 0.1) is 21.3 Å². The SMILES string of the molecule is COC(=O)OC([P+](=O)OC)S(=O)(=O)OC. The van der Waals surface area contributed by atoms with Gasteiger partial charge in [-0.25, -0.2) is 4.79 Å². The first-order valence-corrected chi connectivity index (χ1v) is 6.15. The summed E-state index contributed by atoms with van der Waals surface area (Å²) in [5, 5.41) is -2.05. The Morgan fingerprint density at radius 3 is 2.13 bits per heavy atom.